The lowest BCUT2D eigenvalue weighted by molar-refractivity contribution is 0.636. The molecule has 0 unspecified atom stereocenters. The van der Waals surface area contributed by atoms with Gasteiger partial charge in [-0.2, -0.15) is 0 Å². The average Bonchev–Trinajstić information content (AvgIpc) is 2.87. The van der Waals surface area contributed by atoms with E-state index < -0.39 is 0 Å². The first-order chi connectivity index (χ1) is 16.1. The van der Waals surface area contributed by atoms with E-state index in [0.29, 0.717) is 5.69 Å². The first-order valence-corrected chi connectivity index (χ1v) is 11.7. The van der Waals surface area contributed by atoms with Crippen LogP contribution in [0.2, 0.25) is 0 Å². The molecular formula is C25H32N8. The maximum Gasteiger partial charge on any atom is 0.157 e. The fraction of sp³-hybridized carbons (Fsp3) is 0.400. The van der Waals surface area contributed by atoms with E-state index in [-0.39, 0.29) is 0 Å². The first-order valence-electron chi connectivity index (χ1n) is 11.7. The van der Waals surface area contributed by atoms with Gasteiger partial charge in [-0.3, -0.25) is 0 Å². The molecule has 3 aromatic rings. The highest BCUT2D eigenvalue weighted by Crippen LogP contribution is 2.31. The molecule has 0 atom stereocenters. The second-order valence-electron chi connectivity index (χ2n) is 8.79. The van der Waals surface area contributed by atoms with Gasteiger partial charge in [-0.05, 0) is 43.2 Å². The van der Waals surface area contributed by atoms with Crippen molar-refractivity contribution in [2.75, 3.05) is 77.7 Å². The smallest absolute Gasteiger partial charge is 0.157 e. The molecule has 0 amide bonds. The maximum absolute atomic E-state index is 6.63. The summed E-state index contributed by atoms with van der Waals surface area (Å²) >= 11 is 0. The van der Waals surface area contributed by atoms with Crippen LogP contribution in [0, 0.1) is 13.8 Å². The molecule has 5 rings (SSSR count). The molecule has 0 saturated carbocycles. The molecule has 0 radical (unpaired) electrons. The normalized spacial score (nSPS) is 16.9. The highest BCUT2D eigenvalue weighted by molar-refractivity contribution is 5.76. The highest BCUT2D eigenvalue weighted by Gasteiger charge is 2.26. The molecule has 2 saturated heterocycles. The standard InChI is InChI=1S/C25H32N8/c1-19-6-5-7-21(20(19)2)30-10-14-32(15-11-30)24-23(26)25(29-18-28-24)33-16-12-31(13-17-33)22-8-3-4-9-27-22/h3-9,18H,10-17,26H2,1-2H3. The number of rotatable bonds is 4. The zero-order chi connectivity index (χ0) is 22.8. The molecule has 2 fully saturated rings. The third kappa shape index (κ3) is 4.25. The number of hydrogen-bond donors (Lipinski definition) is 1. The minimum Gasteiger partial charge on any atom is -0.393 e. The van der Waals surface area contributed by atoms with Crippen molar-refractivity contribution in [1.29, 1.82) is 0 Å². The van der Waals surface area contributed by atoms with Gasteiger partial charge in [0.05, 0.1) is 0 Å². The summed E-state index contributed by atoms with van der Waals surface area (Å²) in [5, 5.41) is 0. The molecule has 2 aromatic heterocycles. The van der Waals surface area contributed by atoms with Crippen molar-refractivity contribution in [3.8, 4) is 0 Å². The molecule has 2 N–H and O–H groups in total. The lowest BCUT2D eigenvalue weighted by Gasteiger charge is -2.39. The Morgan fingerprint density at radius 3 is 1.88 bits per heavy atom. The number of nitrogens with zero attached hydrogens (tertiary/aromatic N) is 7. The van der Waals surface area contributed by atoms with Crippen LogP contribution in [0.5, 0.6) is 0 Å². The van der Waals surface area contributed by atoms with Crippen LogP contribution >= 0.6 is 0 Å². The molecule has 33 heavy (non-hydrogen) atoms. The van der Waals surface area contributed by atoms with E-state index >= 15 is 0 Å². The van der Waals surface area contributed by atoms with E-state index in [4.69, 9.17) is 5.73 Å². The van der Waals surface area contributed by atoms with Crippen molar-refractivity contribution in [2.24, 2.45) is 0 Å². The number of anilines is 5. The van der Waals surface area contributed by atoms with Crippen molar-refractivity contribution in [3.63, 3.8) is 0 Å². The summed E-state index contributed by atoms with van der Waals surface area (Å²) in [4.78, 5) is 23.0. The van der Waals surface area contributed by atoms with Crippen LogP contribution in [0.3, 0.4) is 0 Å². The summed E-state index contributed by atoms with van der Waals surface area (Å²) in [6, 6.07) is 12.6. The van der Waals surface area contributed by atoms with Gasteiger partial charge in [-0.15, -0.1) is 0 Å². The van der Waals surface area contributed by atoms with E-state index in [9.17, 15) is 0 Å². The molecule has 8 heteroatoms. The molecule has 8 nitrogen and oxygen atoms in total. The van der Waals surface area contributed by atoms with Gasteiger partial charge in [0, 0.05) is 64.2 Å². The lowest BCUT2D eigenvalue weighted by atomic mass is 10.1. The monoisotopic (exact) mass is 444 g/mol. The number of aryl methyl sites for hydroxylation is 1. The molecule has 0 aliphatic carbocycles. The number of nitrogen functional groups attached to an aromatic ring is 1. The summed E-state index contributed by atoms with van der Waals surface area (Å²) in [5.74, 6) is 2.72. The number of aromatic nitrogens is 3. The summed E-state index contributed by atoms with van der Waals surface area (Å²) in [6.07, 6.45) is 3.50. The Labute approximate surface area is 195 Å². The van der Waals surface area contributed by atoms with Gasteiger partial charge in [-0.25, -0.2) is 15.0 Å². The number of nitrogens with two attached hydrogens (primary N) is 1. The van der Waals surface area contributed by atoms with Crippen molar-refractivity contribution in [2.45, 2.75) is 13.8 Å². The van der Waals surface area contributed by atoms with E-state index in [1.165, 1.54) is 16.8 Å². The SMILES string of the molecule is Cc1cccc(N2CCN(c3ncnc(N4CCN(c5ccccn5)CC4)c3N)CC2)c1C. The van der Waals surface area contributed by atoms with Crippen LogP contribution in [0.1, 0.15) is 11.1 Å². The fourth-order valence-corrected chi connectivity index (χ4v) is 4.81. The Kier molecular flexibility index (Phi) is 5.90. The van der Waals surface area contributed by atoms with Crippen molar-refractivity contribution < 1.29 is 0 Å². The molecule has 4 heterocycles. The molecular weight excluding hydrogens is 412 g/mol. The summed E-state index contributed by atoms with van der Waals surface area (Å²) in [7, 11) is 0. The van der Waals surface area contributed by atoms with Crippen LogP contribution in [0.25, 0.3) is 0 Å². The topological polar surface area (TPSA) is 77.7 Å². The third-order valence-electron chi connectivity index (χ3n) is 6.89. The van der Waals surface area contributed by atoms with E-state index in [2.05, 4.69) is 72.7 Å². The second-order valence-corrected chi connectivity index (χ2v) is 8.79. The number of piperazine rings is 2. The van der Waals surface area contributed by atoms with Crippen LogP contribution in [0.4, 0.5) is 28.8 Å². The quantitative estimate of drug-likeness (QED) is 0.658. The lowest BCUT2D eigenvalue weighted by Crippen LogP contribution is -2.48. The molecule has 1 aromatic carbocycles. The summed E-state index contributed by atoms with van der Waals surface area (Å²) < 4.78 is 0. The zero-order valence-electron chi connectivity index (χ0n) is 19.5. The Balaban J connectivity index is 1.25. The van der Waals surface area contributed by atoms with Crippen LogP contribution in [-0.2, 0) is 0 Å². The van der Waals surface area contributed by atoms with E-state index in [1.807, 2.05) is 18.3 Å². The molecule has 2 aliphatic rings. The van der Waals surface area contributed by atoms with Gasteiger partial charge in [0.1, 0.15) is 17.8 Å². The van der Waals surface area contributed by atoms with E-state index in [1.54, 1.807) is 6.33 Å². The predicted molar refractivity (Wildman–Crippen MR) is 135 cm³/mol. The second kappa shape index (κ2) is 9.13. The predicted octanol–water partition coefficient (Wildman–Crippen LogP) is 2.72. The van der Waals surface area contributed by atoms with Gasteiger partial charge in [0.15, 0.2) is 11.6 Å². The van der Waals surface area contributed by atoms with Crippen molar-refractivity contribution >= 4 is 28.8 Å². The van der Waals surface area contributed by atoms with Crippen molar-refractivity contribution in [3.05, 3.63) is 60.0 Å². The van der Waals surface area contributed by atoms with Gasteiger partial charge < -0.3 is 25.3 Å². The van der Waals surface area contributed by atoms with Crippen LogP contribution in [0.15, 0.2) is 48.9 Å². The van der Waals surface area contributed by atoms with Gasteiger partial charge >= 0.3 is 0 Å². The summed E-state index contributed by atoms with van der Waals surface area (Å²) in [5.41, 5.74) is 11.3. The highest BCUT2D eigenvalue weighted by atomic mass is 15.3. The average molecular weight is 445 g/mol. The minimum absolute atomic E-state index is 0.684. The maximum atomic E-state index is 6.63. The Morgan fingerprint density at radius 2 is 1.27 bits per heavy atom. The third-order valence-corrected chi connectivity index (χ3v) is 6.89. The molecule has 2 aliphatic heterocycles. The van der Waals surface area contributed by atoms with Gasteiger partial charge in [0.2, 0.25) is 0 Å². The largest absolute Gasteiger partial charge is 0.393 e. The van der Waals surface area contributed by atoms with Crippen molar-refractivity contribution in [1.82, 2.24) is 15.0 Å². The minimum atomic E-state index is 0.684. The number of pyridine rings is 1. The molecule has 0 spiro atoms. The van der Waals surface area contributed by atoms with E-state index in [0.717, 1.165) is 69.8 Å². The number of benzene rings is 1. The first kappa shape index (κ1) is 21.3. The molecule has 172 valence electrons. The zero-order valence-corrected chi connectivity index (χ0v) is 19.5. The van der Waals surface area contributed by atoms with Crippen LogP contribution < -0.4 is 25.3 Å². The van der Waals surface area contributed by atoms with Crippen LogP contribution in [-0.4, -0.2) is 67.3 Å². The Morgan fingerprint density at radius 1 is 0.667 bits per heavy atom. The Hall–Kier alpha value is -3.55. The Bertz CT molecular complexity index is 1090. The summed E-state index contributed by atoms with van der Waals surface area (Å²) in [6.45, 7) is 11.6. The van der Waals surface area contributed by atoms with Gasteiger partial charge in [0.25, 0.3) is 0 Å². The number of hydrogen-bond acceptors (Lipinski definition) is 8. The van der Waals surface area contributed by atoms with Gasteiger partial charge in [-0.1, -0.05) is 18.2 Å². The molecule has 0 bridgehead atoms. The fourth-order valence-electron chi connectivity index (χ4n) is 4.81.